The fourth-order valence-corrected chi connectivity index (χ4v) is 7.63. The molecule has 5 heterocycles. The minimum Gasteiger partial charge on any atom is -0.392 e. The Morgan fingerprint density at radius 1 is 0.525 bits per heavy atom. The van der Waals surface area contributed by atoms with Gasteiger partial charge in [0.25, 0.3) is 0 Å². The lowest BCUT2D eigenvalue weighted by atomic mass is 9.99. The molecule has 0 aromatic carbocycles. The summed E-state index contributed by atoms with van der Waals surface area (Å²) >= 11 is 3.23. The zero-order valence-corrected chi connectivity index (χ0v) is 36.0. The molecule has 0 spiro atoms. The Morgan fingerprint density at radius 3 is 1.46 bits per heavy atom. The topological polar surface area (TPSA) is 159 Å². The van der Waals surface area contributed by atoms with Gasteiger partial charge in [-0.3, -0.25) is 34.5 Å². The summed E-state index contributed by atoms with van der Waals surface area (Å²) in [4.78, 5) is 41.1. The Hall–Kier alpha value is -5.59. The van der Waals surface area contributed by atoms with Crippen molar-refractivity contribution in [1.82, 2.24) is 24.9 Å². The van der Waals surface area contributed by atoms with Crippen LogP contribution in [0.5, 0.6) is 0 Å². The molecule has 0 saturated heterocycles. The number of carbonyl (C=O) groups excluding carboxylic acids is 2. The first-order chi connectivity index (χ1) is 29.9. The summed E-state index contributed by atoms with van der Waals surface area (Å²) in [6.07, 6.45) is 44.0. The van der Waals surface area contributed by atoms with Crippen molar-refractivity contribution in [3.63, 3.8) is 0 Å². The van der Waals surface area contributed by atoms with Gasteiger partial charge >= 0.3 is 0 Å². The number of pyridine rings is 5. The van der Waals surface area contributed by atoms with E-state index in [4.69, 9.17) is 15.3 Å². The summed E-state index contributed by atoms with van der Waals surface area (Å²) in [5.41, 5.74) is 11.3. The monoisotopic (exact) mass is 883 g/mol. The molecule has 2 unspecified atom stereocenters. The molecule has 61 heavy (non-hydrogen) atoms. The van der Waals surface area contributed by atoms with Crippen LogP contribution in [0.1, 0.15) is 136 Å². The van der Waals surface area contributed by atoms with Crippen LogP contribution in [-0.4, -0.2) is 52.8 Å². The highest BCUT2D eigenvalue weighted by atomic mass is 79.9. The lowest BCUT2D eigenvalue weighted by Crippen LogP contribution is -1.94. The van der Waals surface area contributed by atoms with Crippen LogP contribution < -0.4 is 0 Å². The maximum atomic E-state index is 10.5. The van der Waals surface area contributed by atoms with Crippen molar-refractivity contribution in [2.24, 2.45) is 0 Å². The second-order valence-electron chi connectivity index (χ2n) is 15.0. The molecule has 316 valence electrons. The molecule has 9 rings (SSSR count). The van der Waals surface area contributed by atoms with Crippen molar-refractivity contribution < 1.29 is 24.9 Å². The van der Waals surface area contributed by atoms with Crippen LogP contribution in [0, 0.1) is 0 Å². The molecule has 0 saturated carbocycles. The van der Waals surface area contributed by atoms with Gasteiger partial charge in [0.15, 0.2) is 12.6 Å². The number of aliphatic hydroxyl groups excluding tert-OH is 3. The van der Waals surface area contributed by atoms with Crippen molar-refractivity contribution in [3.05, 3.63) is 183 Å². The Kier molecular flexibility index (Phi) is 19.7. The predicted molar refractivity (Wildman–Crippen MR) is 243 cm³/mol. The number of aliphatic hydroxyl groups is 3. The molecule has 0 radical (unpaired) electrons. The fraction of sp³-hybridized carbons (Fsp3) is 0.300. The lowest BCUT2D eigenvalue weighted by Gasteiger charge is -2.07. The van der Waals surface area contributed by atoms with Crippen molar-refractivity contribution >= 4 is 39.6 Å². The van der Waals surface area contributed by atoms with Gasteiger partial charge in [-0.05, 0) is 161 Å². The third-order valence-electron chi connectivity index (χ3n) is 10.4. The van der Waals surface area contributed by atoms with Gasteiger partial charge < -0.3 is 15.3 Å². The molecule has 0 bridgehead atoms. The van der Waals surface area contributed by atoms with Crippen LogP contribution >= 0.6 is 15.9 Å². The summed E-state index contributed by atoms with van der Waals surface area (Å²) < 4.78 is 0.897. The highest BCUT2D eigenvalue weighted by Gasteiger charge is 2.13. The smallest absolute Gasteiger partial charge is 0.151 e. The van der Waals surface area contributed by atoms with Crippen LogP contribution in [0.3, 0.4) is 0 Å². The minimum atomic E-state index is 0.0481. The molecule has 4 aliphatic carbocycles. The summed E-state index contributed by atoms with van der Waals surface area (Å²) in [7, 11) is 0. The third-order valence-corrected chi connectivity index (χ3v) is 10.9. The van der Waals surface area contributed by atoms with Gasteiger partial charge in [0.1, 0.15) is 0 Å². The normalized spacial score (nSPS) is 16.9. The molecule has 11 heteroatoms. The van der Waals surface area contributed by atoms with Gasteiger partial charge in [-0.15, -0.1) is 0 Å². The molecular weight excluding hydrogens is 830 g/mol. The second kappa shape index (κ2) is 25.9. The van der Waals surface area contributed by atoms with Gasteiger partial charge in [-0.1, -0.05) is 36.5 Å². The zero-order chi connectivity index (χ0) is 43.1. The van der Waals surface area contributed by atoms with Gasteiger partial charge in [0, 0.05) is 89.4 Å². The zero-order valence-electron chi connectivity index (χ0n) is 34.4. The van der Waals surface area contributed by atoms with Crippen molar-refractivity contribution in [1.29, 1.82) is 0 Å². The minimum absolute atomic E-state index is 0.0481. The number of nitrogens with zero attached hydrogens (tertiary/aromatic N) is 5. The third kappa shape index (κ3) is 15.4. The summed E-state index contributed by atoms with van der Waals surface area (Å²) in [6.45, 7) is 0.206. The van der Waals surface area contributed by atoms with E-state index in [-0.39, 0.29) is 19.8 Å². The number of aromatic nitrogens is 5. The number of hydrogen-bond donors (Lipinski definition) is 3. The first-order valence-corrected chi connectivity index (χ1v) is 21.5. The number of hydrogen-bond acceptors (Lipinski definition) is 10. The van der Waals surface area contributed by atoms with E-state index in [1.54, 1.807) is 37.2 Å². The van der Waals surface area contributed by atoms with Crippen LogP contribution in [0.25, 0.3) is 11.1 Å². The van der Waals surface area contributed by atoms with Crippen molar-refractivity contribution in [3.8, 4) is 0 Å². The Bertz CT molecular complexity index is 2290. The molecular formula is C50H54BrN5O5. The molecule has 4 aliphatic rings. The van der Waals surface area contributed by atoms with E-state index in [2.05, 4.69) is 77.3 Å². The van der Waals surface area contributed by atoms with Gasteiger partial charge in [-0.25, -0.2) is 0 Å². The number of carbonyl (C=O) groups is 2. The highest BCUT2D eigenvalue weighted by Crippen LogP contribution is 2.30. The maximum absolute atomic E-state index is 10.5. The van der Waals surface area contributed by atoms with Crippen LogP contribution in [0.15, 0.2) is 133 Å². The molecule has 0 amide bonds. The Labute approximate surface area is 367 Å². The molecule has 5 aromatic rings. The SMILES string of the molecule is O=Cc1cncc(C2=CCCC2)c1.O=Cc1cncc(C2C=CCC2)c1.OCc1cncc(Br)c1.OCc1cncc(C2=CCCC2)c1.OCc1cncc(C2C=CCC2)c1. The number of allylic oxidation sites excluding steroid dienone is 8. The fourth-order valence-electron chi connectivity index (χ4n) is 7.22. The van der Waals surface area contributed by atoms with E-state index in [9.17, 15) is 9.59 Å². The van der Waals surface area contributed by atoms with Crippen molar-refractivity contribution in [2.75, 3.05) is 0 Å². The molecule has 3 N–H and O–H groups in total. The standard InChI is InChI=1S/2C11H13NO.2C11H11NO.C6H6BrNO/c4*13-8-9-5-11(7-12-6-9)10-3-1-2-4-10;7-6-1-5(4-9)2-8-3-6/h3,5-7,13H,1-2,4,8H2;1,3,5-7,10,13H,2,4,8H2;3,5-8H,1-2,4H2;1,3,5-8,10H,2,4H2;1-3,9H,4H2. The van der Waals surface area contributed by atoms with Crippen LogP contribution in [-0.2, 0) is 19.8 Å². The van der Waals surface area contributed by atoms with E-state index in [1.807, 2.05) is 55.1 Å². The molecule has 2 atom stereocenters. The summed E-state index contributed by atoms with van der Waals surface area (Å²) in [6, 6.07) is 9.70. The average molecular weight is 885 g/mol. The largest absolute Gasteiger partial charge is 0.392 e. The maximum Gasteiger partial charge on any atom is 0.151 e. The number of rotatable bonds is 9. The first kappa shape index (κ1) is 46.5. The Morgan fingerprint density at radius 2 is 0.984 bits per heavy atom. The molecule has 0 fully saturated rings. The van der Waals surface area contributed by atoms with Gasteiger partial charge in [0.05, 0.1) is 19.8 Å². The highest BCUT2D eigenvalue weighted by molar-refractivity contribution is 9.10. The van der Waals surface area contributed by atoms with E-state index >= 15 is 0 Å². The molecule has 0 aliphatic heterocycles. The predicted octanol–water partition coefficient (Wildman–Crippen LogP) is 10.3. The second-order valence-corrected chi connectivity index (χ2v) is 15.9. The van der Waals surface area contributed by atoms with Gasteiger partial charge in [0.2, 0.25) is 0 Å². The van der Waals surface area contributed by atoms with Crippen molar-refractivity contribution in [2.45, 2.75) is 95.9 Å². The lowest BCUT2D eigenvalue weighted by molar-refractivity contribution is 0.111. The van der Waals surface area contributed by atoms with E-state index in [0.717, 1.165) is 83.4 Å². The van der Waals surface area contributed by atoms with E-state index in [0.29, 0.717) is 23.0 Å². The molecule has 5 aromatic heterocycles. The Balaban J connectivity index is 0.000000145. The first-order valence-electron chi connectivity index (χ1n) is 20.7. The van der Waals surface area contributed by atoms with E-state index < -0.39 is 0 Å². The van der Waals surface area contributed by atoms with Crippen LogP contribution in [0.2, 0.25) is 0 Å². The molecule has 10 nitrogen and oxygen atoms in total. The summed E-state index contributed by atoms with van der Waals surface area (Å²) in [5.74, 6) is 0.978. The quantitative estimate of drug-likeness (QED) is 0.0961. The van der Waals surface area contributed by atoms with Gasteiger partial charge in [-0.2, -0.15) is 0 Å². The average Bonchev–Trinajstić information content (AvgIpc) is 4.19. The van der Waals surface area contributed by atoms with E-state index in [1.165, 1.54) is 48.0 Å². The number of aldehydes is 2. The summed E-state index contributed by atoms with van der Waals surface area (Å²) in [5, 5.41) is 26.5. The number of halogens is 1. The van der Waals surface area contributed by atoms with Crippen LogP contribution in [0.4, 0.5) is 0 Å².